The lowest BCUT2D eigenvalue weighted by Crippen LogP contribution is -2.47. The van der Waals surface area contributed by atoms with Crippen LogP contribution in [-0.2, 0) is 9.53 Å². The molecule has 1 N–H and O–H groups in total. The van der Waals surface area contributed by atoms with Gasteiger partial charge in [-0.2, -0.15) is 0 Å². The van der Waals surface area contributed by atoms with E-state index < -0.39 is 5.60 Å². The van der Waals surface area contributed by atoms with E-state index in [1.165, 1.54) is 0 Å². The van der Waals surface area contributed by atoms with Gasteiger partial charge in [0.25, 0.3) is 0 Å². The fourth-order valence-electron chi connectivity index (χ4n) is 3.75. The third kappa shape index (κ3) is 1.39. The van der Waals surface area contributed by atoms with Crippen molar-refractivity contribution in [1.82, 2.24) is 0 Å². The number of ketones is 1. The Morgan fingerprint density at radius 1 is 1.59 bits per heavy atom. The Balaban J connectivity index is 2.07. The number of rotatable bonds is 1. The summed E-state index contributed by atoms with van der Waals surface area (Å²) in [5.41, 5.74) is 0.712. The van der Waals surface area contributed by atoms with Crippen LogP contribution in [0.2, 0.25) is 0 Å². The highest BCUT2D eigenvalue weighted by molar-refractivity contribution is 6.01. The Hall–Kier alpha value is -0.930. The molecule has 3 atom stereocenters. The molecule has 0 aromatic carbocycles. The summed E-state index contributed by atoms with van der Waals surface area (Å²) in [6.45, 7) is 2.28. The van der Waals surface area contributed by atoms with Gasteiger partial charge in [0.15, 0.2) is 5.78 Å². The first-order valence-corrected chi connectivity index (χ1v) is 6.33. The highest BCUT2D eigenvalue weighted by Crippen LogP contribution is 2.58. The fraction of sp³-hybridized carbons (Fsp3) is 0.643. The zero-order valence-corrected chi connectivity index (χ0v) is 10.1. The van der Waals surface area contributed by atoms with E-state index >= 15 is 0 Å². The van der Waals surface area contributed by atoms with Crippen LogP contribution in [0.3, 0.4) is 0 Å². The van der Waals surface area contributed by atoms with Crippen LogP contribution in [0.15, 0.2) is 23.8 Å². The standard InChI is InChI=1S/C14H18O3/c1-13-5-2-3-10-7-11(16)4-6-14(10,13)17-12(8-13)9-15/h4,6-7,12,15H,2-3,5,8-9H2,1H3/t12?,13-,14-/m1/s1. The van der Waals surface area contributed by atoms with Crippen molar-refractivity contribution in [3.05, 3.63) is 23.8 Å². The molecule has 1 unspecified atom stereocenters. The van der Waals surface area contributed by atoms with E-state index in [4.69, 9.17) is 4.74 Å². The van der Waals surface area contributed by atoms with Crippen molar-refractivity contribution in [2.45, 2.75) is 44.3 Å². The second-order valence-corrected chi connectivity index (χ2v) is 5.68. The molecule has 2 aliphatic carbocycles. The van der Waals surface area contributed by atoms with Gasteiger partial charge in [0.1, 0.15) is 5.60 Å². The van der Waals surface area contributed by atoms with Gasteiger partial charge in [0.05, 0.1) is 12.7 Å². The van der Waals surface area contributed by atoms with Crippen LogP contribution < -0.4 is 0 Å². The van der Waals surface area contributed by atoms with Crippen LogP contribution >= 0.6 is 0 Å². The summed E-state index contributed by atoms with van der Waals surface area (Å²) < 4.78 is 6.10. The van der Waals surface area contributed by atoms with Gasteiger partial charge in [0, 0.05) is 5.41 Å². The largest absolute Gasteiger partial charge is 0.394 e. The second kappa shape index (κ2) is 3.53. The minimum atomic E-state index is -0.424. The quantitative estimate of drug-likeness (QED) is 0.752. The first-order valence-electron chi connectivity index (χ1n) is 6.33. The lowest BCUT2D eigenvalue weighted by molar-refractivity contribution is -0.111. The maximum Gasteiger partial charge on any atom is 0.178 e. The van der Waals surface area contributed by atoms with Crippen molar-refractivity contribution in [1.29, 1.82) is 0 Å². The smallest absolute Gasteiger partial charge is 0.178 e. The first kappa shape index (κ1) is 11.2. The summed E-state index contributed by atoms with van der Waals surface area (Å²) in [7, 11) is 0. The molecule has 0 radical (unpaired) electrons. The minimum absolute atomic E-state index is 0.0294. The third-order valence-electron chi connectivity index (χ3n) is 4.58. The van der Waals surface area contributed by atoms with E-state index in [1.54, 1.807) is 12.2 Å². The monoisotopic (exact) mass is 234 g/mol. The summed E-state index contributed by atoms with van der Waals surface area (Å²) in [6, 6.07) is 0. The molecule has 1 heterocycles. The molecule has 1 spiro atoms. The molecule has 1 saturated carbocycles. The lowest BCUT2D eigenvalue weighted by atomic mass is 9.60. The number of carbonyl (C=O) groups excluding carboxylic acids is 1. The zero-order valence-electron chi connectivity index (χ0n) is 10.1. The molecule has 17 heavy (non-hydrogen) atoms. The van der Waals surface area contributed by atoms with Gasteiger partial charge in [-0.05, 0) is 49.5 Å². The highest BCUT2D eigenvalue weighted by Gasteiger charge is 2.59. The molecule has 0 bridgehead atoms. The molecule has 0 aromatic heterocycles. The van der Waals surface area contributed by atoms with E-state index in [0.29, 0.717) is 0 Å². The van der Waals surface area contributed by atoms with E-state index in [9.17, 15) is 9.90 Å². The molecule has 3 aliphatic rings. The van der Waals surface area contributed by atoms with Crippen molar-refractivity contribution in [2.75, 3.05) is 6.61 Å². The number of allylic oxidation sites excluding steroid dienone is 2. The fourth-order valence-corrected chi connectivity index (χ4v) is 3.75. The molecule has 1 saturated heterocycles. The Morgan fingerprint density at radius 3 is 3.18 bits per heavy atom. The third-order valence-corrected chi connectivity index (χ3v) is 4.58. The average Bonchev–Trinajstić information content (AvgIpc) is 2.60. The predicted octanol–water partition coefficient (Wildman–Crippen LogP) is 1.76. The Labute approximate surface area is 101 Å². The van der Waals surface area contributed by atoms with E-state index in [-0.39, 0.29) is 23.9 Å². The summed E-state index contributed by atoms with van der Waals surface area (Å²) in [5, 5.41) is 9.33. The number of hydrogen-bond donors (Lipinski definition) is 1. The van der Waals surface area contributed by atoms with Gasteiger partial charge >= 0.3 is 0 Å². The lowest BCUT2D eigenvalue weighted by Gasteiger charge is -2.47. The molecule has 2 fully saturated rings. The van der Waals surface area contributed by atoms with Crippen LogP contribution in [-0.4, -0.2) is 29.2 Å². The molecule has 92 valence electrons. The second-order valence-electron chi connectivity index (χ2n) is 5.68. The number of aliphatic hydroxyl groups is 1. The van der Waals surface area contributed by atoms with Gasteiger partial charge in [-0.25, -0.2) is 0 Å². The summed E-state index contributed by atoms with van der Waals surface area (Å²) in [6.07, 6.45) is 9.19. The molecule has 0 aromatic rings. The van der Waals surface area contributed by atoms with Gasteiger partial charge in [0.2, 0.25) is 0 Å². The van der Waals surface area contributed by atoms with E-state index in [1.807, 2.05) is 6.08 Å². The van der Waals surface area contributed by atoms with Gasteiger partial charge in [-0.3, -0.25) is 4.79 Å². The predicted molar refractivity (Wildman–Crippen MR) is 63.5 cm³/mol. The van der Waals surface area contributed by atoms with Crippen molar-refractivity contribution < 1.29 is 14.6 Å². The number of carbonyl (C=O) groups is 1. The molecule has 3 heteroatoms. The SMILES string of the molecule is C[C@]12CCCC3=CC(=O)C=C[C@@]31OC(CO)C2. The maximum atomic E-state index is 11.5. The maximum absolute atomic E-state index is 11.5. The van der Waals surface area contributed by atoms with Crippen molar-refractivity contribution in [2.24, 2.45) is 5.41 Å². The van der Waals surface area contributed by atoms with Gasteiger partial charge < -0.3 is 9.84 Å². The average molecular weight is 234 g/mol. The van der Waals surface area contributed by atoms with Crippen molar-refractivity contribution in [3.8, 4) is 0 Å². The van der Waals surface area contributed by atoms with Gasteiger partial charge in [-0.1, -0.05) is 6.92 Å². The van der Waals surface area contributed by atoms with Crippen LogP contribution in [0.1, 0.15) is 32.6 Å². The Bertz CT molecular complexity index is 423. The van der Waals surface area contributed by atoms with E-state index in [2.05, 4.69) is 6.92 Å². The van der Waals surface area contributed by atoms with Crippen LogP contribution in [0.5, 0.6) is 0 Å². The van der Waals surface area contributed by atoms with Crippen LogP contribution in [0.25, 0.3) is 0 Å². The molecule has 0 amide bonds. The number of ether oxygens (including phenoxy) is 1. The molecule has 3 rings (SSSR count). The number of aliphatic hydroxyl groups excluding tert-OH is 1. The zero-order chi connectivity index (χ0) is 12.1. The Kier molecular flexibility index (Phi) is 2.32. The highest BCUT2D eigenvalue weighted by atomic mass is 16.5. The Morgan fingerprint density at radius 2 is 2.41 bits per heavy atom. The summed E-state index contributed by atoms with van der Waals surface area (Å²) in [5.74, 6) is 0.0610. The topological polar surface area (TPSA) is 46.5 Å². The molecule has 3 nitrogen and oxygen atoms in total. The molecular formula is C14H18O3. The number of hydrogen-bond acceptors (Lipinski definition) is 3. The van der Waals surface area contributed by atoms with E-state index in [0.717, 1.165) is 31.3 Å². The van der Waals surface area contributed by atoms with Gasteiger partial charge in [-0.15, -0.1) is 0 Å². The van der Waals surface area contributed by atoms with Crippen LogP contribution in [0, 0.1) is 5.41 Å². The molecular weight excluding hydrogens is 216 g/mol. The first-order chi connectivity index (χ1) is 8.10. The molecule has 1 aliphatic heterocycles. The van der Waals surface area contributed by atoms with Crippen molar-refractivity contribution in [3.63, 3.8) is 0 Å². The normalized spacial score (nSPS) is 44.2. The van der Waals surface area contributed by atoms with Crippen LogP contribution in [0.4, 0.5) is 0 Å². The summed E-state index contributed by atoms with van der Waals surface area (Å²) >= 11 is 0. The van der Waals surface area contributed by atoms with Crippen molar-refractivity contribution >= 4 is 5.78 Å². The minimum Gasteiger partial charge on any atom is -0.394 e. The summed E-state index contributed by atoms with van der Waals surface area (Å²) in [4.78, 5) is 11.5.